The van der Waals surface area contributed by atoms with Gasteiger partial charge in [0.25, 0.3) is 0 Å². The fourth-order valence-electron chi connectivity index (χ4n) is 0.952. The molecular weight excluding hydrogens is 190 g/mol. The molecule has 0 aliphatic carbocycles. The summed E-state index contributed by atoms with van der Waals surface area (Å²) >= 11 is 0. The number of hydrogen-bond acceptors (Lipinski definition) is 2. The van der Waals surface area contributed by atoms with Crippen LogP contribution >= 0.6 is 0 Å². The molecule has 0 atom stereocenters. The van der Waals surface area contributed by atoms with Gasteiger partial charge >= 0.3 is 0 Å². The Morgan fingerprint density at radius 2 is 2.18 bits per heavy atom. The fraction of sp³-hybridized carbons (Fsp3) is 0.143. The number of nitrogens with zero attached hydrogens (tertiary/aromatic N) is 2. The molecule has 0 fully saturated rings. The Kier molecular flexibility index (Phi) is 2.27. The summed E-state index contributed by atoms with van der Waals surface area (Å²) in [5, 5.41) is 10.3. The number of rotatable bonds is 0. The molecule has 2 rings (SSSR count). The zero-order valence-corrected chi connectivity index (χ0v) is 6.87. The van der Waals surface area contributed by atoms with E-state index in [1.165, 1.54) is 5.56 Å². The molecule has 1 N–H and O–H groups in total. The smallest absolute Gasteiger partial charge is 0.113 e. The van der Waals surface area contributed by atoms with Crippen LogP contribution in [-0.4, -0.2) is 15.4 Å². The minimum Gasteiger partial charge on any atom is -0.258 e. The van der Waals surface area contributed by atoms with Crippen LogP contribution in [0.5, 0.6) is 0 Å². The second-order valence-corrected chi connectivity index (χ2v) is 2.33. The fourth-order valence-corrected chi connectivity index (χ4v) is 0.952. The Balaban J connectivity index is 0.000000605. The van der Waals surface area contributed by atoms with Crippen LogP contribution in [0.2, 0.25) is 0 Å². The Hall–Kier alpha value is -0.861. The van der Waals surface area contributed by atoms with Crippen LogP contribution in [0.4, 0.5) is 0 Å². The van der Waals surface area contributed by atoms with E-state index in [1.54, 1.807) is 0 Å². The number of hydrogen-bond donors (Lipinski definition) is 1. The molecule has 1 radical (unpaired) electrons. The summed E-state index contributed by atoms with van der Waals surface area (Å²) in [6, 6.07) is 6.01. The van der Waals surface area contributed by atoms with Crippen molar-refractivity contribution in [3.05, 3.63) is 23.8 Å². The van der Waals surface area contributed by atoms with Gasteiger partial charge in [-0.05, 0) is 24.6 Å². The first kappa shape index (κ1) is 8.24. The summed E-state index contributed by atoms with van der Waals surface area (Å²) in [4.78, 5) is 0. The molecular formula is C7H7CuN3. The molecule has 0 aliphatic heterocycles. The molecule has 11 heavy (non-hydrogen) atoms. The van der Waals surface area contributed by atoms with E-state index >= 15 is 0 Å². The second kappa shape index (κ2) is 3.03. The molecule has 0 bridgehead atoms. The molecule has 3 nitrogen and oxygen atoms in total. The summed E-state index contributed by atoms with van der Waals surface area (Å²) in [7, 11) is 0. The first-order valence-corrected chi connectivity index (χ1v) is 3.14. The summed E-state index contributed by atoms with van der Waals surface area (Å²) in [5.41, 5.74) is 3.13. The molecule has 0 aliphatic rings. The molecule has 0 amide bonds. The van der Waals surface area contributed by atoms with E-state index < -0.39 is 0 Å². The van der Waals surface area contributed by atoms with Crippen LogP contribution in [-0.2, 0) is 17.1 Å². The number of aryl methyl sites for hydroxylation is 1. The molecule has 4 heteroatoms. The number of aromatic amines is 1. The van der Waals surface area contributed by atoms with E-state index in [1.807, 2.05) is 25.1 Å². The van der Waals surface area contributed by atoms with Gasteiger partial charge in [0.1, 0.15) is 5.52 Å². The van der Waals surface area contributed by atoms with Crippen molar-refractivity contribution >= 4 is 11.0 Å². The van der Waals surface area contributed by atoms with Crippen LogP contribution in [0.25, 0.3) is 11.0 Å². The maximum atomic E-state index is 3.87. The summed E-state index contributed by atoms with van der Waals surface area (Å²) in [5.74, 6) is 0. The van der Waals surface area contributed by atoms with Crippen molar-refractivity contribution in [3.8, 4) is 0 Å². The van der Waals surface area contributed by atoms with Crippen molar-refractivity contribution in [1.29, 1.82) is 0 Å². The molecule has 0 unspecified atom stereocenters. The van der Waals surface area contributed by atoms with Crippen molar-refractivity contribution in [2.24, 2.45) is 0 Å². The van der Waals surface area contributed by atoms with Crippen LogP contribution in [0, 0.1) is 6.92 Å². The largest absolute Gasteiger partial charge is 0.258 e. The molecule has 0 saturated heterocycles. The Bertz CT molecular complexity index is 355. The Morgan fingerprint density at radius 1 is 1.36 bits per heavy atom. The summed E-state index contributed by atoms with van der Waals surface area (Å²) < 4.78 is 0. The maximum Gasteiger partial charge on any atom is 0.113 e. The van der Waals surface area contributed by atoms with Crippen LogP contribution in [0.1, 0.15) is 5.56 Å². The van der Waals surface area contributed by atoms with Crippen molar-refractivity contribution in [3.63, 3.8) is 0 Å². The number of fused-ring (bicyclic) bond motifs is 1. The predicted octanol–water partition coefficient (Wildman–Crippen LogP) is 1.26. The third-order valence-corrected chi connectivity index (χ3v) is 1.48. The quantitative estimate of drug-likeness (QED) is 0.645. The van der Waals surface area contributed by atoms with Gasteiger partial charge in [-0.15, -0.1) is 5.10 Å². The van der Waals surface area contributed by atoms with Gasteiger partial charge in [0.05, 0.1) is 5.52 Å². The molecule has 1 aromatic heterocycles. The zero-order chi connectivity index (χ0) is 6.97. The van der Waals surface area contributed by atoms with E-state index in [0.717, 1.165) is 11.0 Å². The van der Waals surface area contributed by atoms with Crippen LogP contribution in [0.3, 0.4) is 0 Å². The Labute approximate surface area is 74.7 Å². The SMILES string of the molecule is Cc1ccc2[nH]nnc2c1.[Cu]. The molecule has 1 aromatic carbocycles. The van der Waals surface area contributed by atoms with Crippen molar-refractivity contribution in [2.75, 3.05) is 0 Å². The minimum atomic E-state index is 0. The van der Waals surface area contributed by atoms with Gasteiger partial charge in [0.15, 0.2) is 0 Å². The average molecular weight is 197 g/mol. The monoisotopic (exact) mass is 196 g/mol. The van der Waals surface area contributed by atoms with E-state index in [0.29, 0.717) is 0 Å². The van der Waals surface area contributed by atoms with E-state index in [9.17, 15) is 0 Å². The average Bonchev–Trinajstić information content (AvgIpc) is 2.33. The number of aromatic nitrogens is 3. The molecule has 61 valence electrons. The van der Waals surface area contributed by atoms with Gasteiger partial charge in [0.2, 0.25) is 0 Å². The number of H-pyrrole nitrogens is 1. The molecule has 2 aromatic rings. The number of benzene rings is 1. The second-order valence-electron chi connectivity index (χ2n) is 2.33. The zero-order valence-electron chi connectivity index (χ0n) is 5.93. The normalized spacial score (nSPS) is 9.55. The van der Waals surface area contributed by atoms with Gasteiger partial charge in [-0.25, -0.2) is 0 Å². The number of nitrogens with one attached hydrogen (secondary N) is 1. The third-order valence-electron chi connectivity index (χ3n) is 1.48. The molecule has 0 saturated carbocycles. The third kappa shape index (κ3) is 1.42. The van der Waals surface area contributed by atoms with Gasteiger partial charge < -0.3 is 0 Å². The van der Waals surface area contributed by atoms with E-state index in [-0.39, 0.29) is 17.1 Å². The first-order chi connectivity index (χ1) is 4.86. The van der Waals surface area contributed by atoms with Gasteiger partial charge in [0, 0.05) is 17.1 Å². The maximum absolute atomic E-state index is 3.87. The van der Waals surface area contributed by atoms with E-state index in [2.05, 4.69) is 15.4 Å². The Morgan fingerprint density at radius 3 is 3.00 bits per heavy atom. The van der Waals surface area contributed by atoms with Gasteiger partial charge in [-0.1, -0.05) is 11.3 Å². The van der Waals surface area contributed by atoms with Gasteiger partial charge in [-0.3, -0.25) is 5.10 Å². The van der Waals surface area contributed by atoms with Crippen molar-refractivity contribution in [1.82, 2.24) is 15.4 Å². The topological polar surface area (TPSA) is 41.6 Å². The van der Waals surface area contributed by atoms with Crippen LogP contribution < -0.4 is 0 Å². The van der Waals surface area contributed by atoms with Crippen molar-refractivity contribution in [2.45, 2.75) is 6.92 Å². The molecule has 0 spiro atoms. The first-order valence-electron chi connectivity index (χ1n) is 3.14. The van der Waals surface area contributed by atoms with E-state index in [4.69, 9.17) is 0 Å². The predicted molar refractivity (Wildman–Crippen MR) is 38.6 cm³/mol. The van der Waals surface area contributed by atoms with Crippen LogP contribution in [0.15, 0.2) is 18.2 Å². The molecule has 1 heterocycles. The van der Waals surface area contributed by atoms with Gasteiger partial charge in [-0.2, -0.15) is 0 Å². The van der Waals surface area contributed by atoms with Crippen molar-refractivity contribution < 1.29 is 17.1 Å². The summed E-state index contributed by atoms with van der Waals surface area (Å²) in [6.45, 7) is 2.04. The minimum absolute atomic E-state index is 0. The summed E-state index contributed by atoms with van der Waals surface area (Å²) in [6.07, 6.45) is 0. The standard InChI is InChI=1S/C7H7N3.Cu/c1-5-2-3-6-7(4-5)9-10-8-6;/h2-4H,1H3,(H,8,9,10);.